The van der Waals surface area contributed by atoms with Crippen LogP contribution in [0.15, 0.2) is 41.8 Å². The third kappa shape index (κ3) is 1.54. The number of hydrogen-bond donors (Lipinski definition) is 0. The Balaban J connectivity index is 2.41. The van der Waals surface area contributed by atoms with Crippen LogP contribution in [0.4, 0.5) is 0 Å². The minimum atomic E-state index is 0.0514. The summed E-state index contributed by atoms with van der Waals surface area (Å²) in [6.07, 6.45) is 7.17. The first-order valence-electron chi connectivity index (χ1n) is 4.04. The van der Waals surface area contributed by atoms with Gasteiger partial charge in [-0.1, -0.05) is 6.08 Å². The van der Waals surface area contributed by atoms with Crippen LogP contribution in [0.25, 0.3) is 0 Å². The van der Waals surface area contributed by atoms with E-state index in [0.717, 1.165) is 5.56 Å². The number of aliphatic imine (C=N–C) groups is 1. The number of aromatic nitrogens is 1. The van der Waals surface area contributed by atoms with Gasteiger partial charge < -0.3 is 0 Å². The fourth-order valence-corrected chi connectivity index (χ4v) is 1.19. The summed E-state index contributed by atoms with van der Waals surface area (Å²) in [6.45, 7) is 0. The van der Waals surface area contributed by atoms with Crippen molar-refractivity contribution in [2.24, 2.45) is 4.99 Å². The largest absolute Gasteiger partial charge is 0.292 e. The molecule has 1 aromatic rings. The van der Waals surface area contributed by atoms with Gasteiger partial charge in [-0.2, -0.15) is 0 Å². The zero-order valence-corrected chi connectivity index (χ0v) is 6.97. The van der Waals surface area contributed by atoms with Crippen molar-refractivity contribution >= 4 is 11.5 Å². The van der Waals surface area contributed by atoms with E-state index < -0.39 is 0 Å². The van der Waals surface area contributed by atoms with E-state index in [9.17, 15) is 4.79 Å². The molecule has 0 fully saturated rings. The molecule has 0 bridgehead atoms. The molecule has 2 rings (SSSR count). The lowest BCUT2D eigenvalue weighted by molar-refractivity contribution is -0.112. The van der Waals surface area contributed by atoms with Gasteiger partial charge >= 0.3 is 0 Å². The number of carbonyl (C=O) groups is 1. The second kappa shape index (κ2) is 3.31. The minimum absolute atomic E-state index is 0.0514. The summed E-state index contributed by atoms with van der Waals surface area (Å²) in [4.78, 5) is 19.3. The van der Waals surface area contributed by atoms with Gasteiger partial charge in [-0.3, -0.25) is 14.8 Å². The van der Waals surface area contributed by atoms with Gasteiger partial charge in [0, 0.05) is 30.6 Å². The van der Waals surface area contributed by atoms with Crippen molar-refractivity contribution in [2.75, 3.05) is 0 Å². The van der Waals surface area contributed by atoms with Crippen LogP contribution >= 0.6 is 0 Å². The van der Waals surface area contributed by atoms with Gasteiger partial charge in [0.2, 0.25) is 0 Å². The maximum Gasteiger partial charge on any atom is 0.185 e. The Labute approximate surface area is 75.8 Å². The van der Waals surface area contributed by atoms with Crippen LogP contribution in [0.1, 0.15) is 12.0 Å². The van der Waals surface area contributed by atoms with E-state index in [-0.39, 0.29) is 5.78 Å². The van der Waals surface area contributed by atoms with E-state index in [2.05, 4.69) is 9.98 Å². The highest BCUT2D eigenvalue weighted by Crippen LogP contribution is 2.07. The van der Waals surface area contributed by atoms with Gasteiger partial charge in [0.05, 0.1) is 0 Å². The molecule has 0 radical (unpaired) electrons. The van der Waals surface area contributed by atoms with Crippen molar-refractivity contribution in [3.05, 3.63) is 42.4 Å². The summed E-state index contributed by atoms with van der Waals surface area (Å²) in [5.41, 5.74) is 1.30. The topological polar surface area (TPSA) is 42.3 Å². The van der Waals surface area contributed by atoms with Crippen LogP contribution < -0.4 is 0 Å². The first kappa shape index (κ1) is 7.86. The highest BCUT2D eigenvalue weighted by Gasteiger charge is 2.13. The molecule has 0 saturated carbocycles. The molecule has 0 aliphatic carbocycles. The number of pyridine rings is 1. The standard InChI is InChI=1S/C10H8N2O/c13-9-4-2-6-12-10(9)8-3-1-5-11-7-8/h1-3,5-7H,4H2. The van der Waals surface area contributed by atoms with Crippen LogP contribution in [-0.2, 0) is 4.79 Å². The quantitative estimate of drug-likeness (QED) is 0.641. The smallest absolute Gasteiger partial charge is 0.185 e. The van der Waals surface area contributed by atoms with Crippen molar-refractivity contribution in [3.63, 3.8) is 0 Å². The van der Waals surface area contributed by atoms with Crippen LogP contribution in [-0.4, -0.2) is 16.5 Å². The van der Waals surface area contributed by atoms with Crippen molar-refractivity contribution in [1.82, 2.24) is 4.98 Å². The molecular weight excluding hydrogens is 164 g/mol. The molecule has 0 unspecified atom stereocenters. The Kier molecular flexibility index (Phi) is 2.00. The Morgan fingerprint density at radius 1 is 1.38 bits per heavy atom. The fraction of sp³-hybridized carbons (Fsp3) is 0.100. The van der Waals surface area contributed by atoms with Crippen LogP contribution in [0.5, 0.6) is 0 Å². The highest BCUT2D eigenvalue weighted by atomic mass is 16.1. The molecule has 0 spiro atoms. The molecule has 64 valence electrons. The number of carbonyl (C=O) groups excluding carboxylic acids is 1. The Morgan fingerprint density at radius 3 is 3.00 bits per heavy atom. The third-order valence-electron chi connectivity index (χ3n) is 1.81. The number of nitrogens with zero attached hydrogens (tertiary/aromatic N) is 2. The first-order chi connectivity index (χ1) is 6.38. The average molecular weight is 172 g/mol. The van der Waals surface area contributed by atoms with E-state index in [0.29, 0.717) is 12.1 Å². The number of Topliss-reactive ketones (excluding diaryl/α,β-unsaturated/α-hetero) is 1. The average Bonchev–Trinajstić information content (AvgIpc) is 2.20. The summed E-state index contributed by atoms with van der Waals surface area (Å²) in [6, 6.07) is 3.63. The number of ketones is 1. The molecule has 0 N–H and O–H groups in total. The molecule has 0 saturated heterocycles. The maximum absolute atomic E-state index is 11.4. The Bertz CT molecular complexity index is 379. The molecule has 2 heterocycles. The lowest BCUT2D eigenvalue weighted by atomic mass is 10.1. The summed E-state index contributed by atoms with van der Waals surface area (Å²) in [7, 11) is 0. The highest BCUT2D eigenvalue weighted by molar-refractivity contribution is 6.46. The Morgan fingerprint density at radius 2 is 2.31 bits per heavy atom. The molecular formula is C10H8N2O. The Hall–Kier alpha value is -1.77. The van der Waals surface area contributed by atoms with Gasteiger partial charge in [0.1, 0.15) is 5.71 Å². The van der Waals surface area contributed by atoms with Crippen molar-refractivity contribution < 1.29 is 4.79 Å². The normalized spacial score (nSPS) is 15.7. The second-order valence-corrected chi connectivity index (χ2v) is 2.73. The fourth-order valence-electron chi connectivity index (χ4n) is 1.19. The third-order valence-corrected chi connectivity index (χ3v) is 1.81. The van der Waals surface area contributed by atoms with E-state index in [1.54, 1.807) is 30.7 Å². The molecule has 1 aliphatic rings. The molecule has 0 amide bonds. The van der Waals surface area contributed by atoms with Crippen LogP contribution in [0.3, 0.4) is 0 Å². The van der Waals surface area contributed by atoms with E-state index in [1.807, 2.05) is 6.07 Å². The van der Waals surface area contributed by atoms with Gasteiger partial charge in [0.15, 0.2) is 5.78 Å². The molecule has 0 aromatic carbocycles. The molecule has 1 aromatic heterocycles. The van der Waals surface area contributed by atoms with Crippen molar-refractivity contribution in [1.29, 1.82) is 0 Å². The summed E-state index contributed by atoms with van der Waals surface area (Å²) in [5.74, 6) is 0.0514. The van der Waals surface area contributed by atoms with Gasteiger partial charge in [0.25, 0.3) is 0 Å². The molecule has 0 atom stereocenters. The zero-order valence-electron chi connectivity index (χ0n) is 6.97. The molecule has 3 nitrogen and oxygen atoms in total. The number of rotatable bonds is 1. The molecule has 13 heavy (non-hydrogen) atoms. The van der Waals surface area contributed by atoms with Crippen LogP contribution in [0.2, 0.25) is 0 Å². The molecule has 1 aliphatic heterocycles. The molecule has 3 heteroatoms. The van der Waals surface area contributed by atoms with E-state index in [4.69, 9.17) is 0 Å². The number of allylic oxidation sites excluding steroid dienone is 1. The van der Waals surface area contributed by atoms with Crippen molar-refractivity contribution in [3.8, 4) is 0 Å². The first-order valence-corrected chi connectivity index (χ1v) is 4.04. The summed E-state index contributed by atoms with van der Waals surface area (Å²) < 4.78 is 0. The van der Waals surface area contributed by atoms with Gasteiger partial charge in [-0.15, -0.1) is 0 Å². The summed E-state index contributed by atoms with van der Waals surface area (Å²) in [5, 5.41) is 0. The minimum Gasteiger partial charge on any atom is -0.292 e. The maximum atomic E-state index is 11.4. The monoisotopic (exact) mass is 172 g/mol. The lowest BCUT2D eigenvalue weighted by Crippen LogP contribution is -2.16. The lowest BCUT2D eigenvalue weighted by Gasteiger charge is -2.05. The van der Waals surface area contributed by atoms with Crippen LogP contribution in [0, 0.1) is 0 Å². The van der Waals surface area contributed by atoms with E-state index in [1.165, 1.54) is 0 Å². The second-order valence-electron chi connectivity index (χ2n) is 2.73. The van der Waals surface area contributed by atoms with Gasteiger partial charge in [-0.25, -0.2) is 0 Å². The predicted molar refractivity (Wildman–Crippen MR) is 49.5 cm³/mol. The SMILES string of the molecule is O=C1CC=CN=C1c1cccnc1. The van der Waals surface area contributed by atoms with Crippen molar-refractivity contribution in [2.45, 2.75) is 6.42 Å². The summed E-state index contributed by atoms with van der Waals surface area (Å²) >= 11 is 0. The zero-order chi connectivity index (χ0) is 9.10. The van der Waals surface area contributed by atoms with E-state index >= 15 is 0 Å². The van der Waals surface area contributed by atoms with Gasteiger partial charge in [-0.05, 0) is 12.1 Å². The number of hydrogen-bond acceptors (Lipinski definition) is 3. The predicted octanol–water partition coefficient (Wildman–Crippen LogP) is 1.36.